The number of halogens is 1. The van der Waals surface area contributed by atoms with Gasteiger partial charge in [-0.15, -0.1) is 0 Å². The standard InChI is InChI=1S/C20H23FN2O2/c21-17-9-7-16(8-10-17)20(18-5-1-2-12-22-18)23-19(24)11-6-15-4-3-13-25-14-15/h1-2,5,7-10,12,15,20H,3-4,6,11,13-14H2,(H,23,24)/t15-,20+/m0/s1. The molecule has 1 saturated heterocycles. The number of rotatable bonds is 6. The van der Waals surface area contributed by atoms with E-state index in [1.807, 2.05) is 18.2 Å². The number of hydrogen-bond acceptors (Lipinski definition) is 3. The number of nitrogens with one attached hydrogen (secondary N) is 1. The van der Waals surface area contributed by atoms with Crippen molar-refractivity contribution in [2.24, 2.45) is 5.92 Å². The smallest absolute Gasteiger partial charge is 0.220 e. The number of benzene rings is 1. The number of pyridine rings is 1. The normalized spacial score (nSPS) is 18.5. The minimum atomic E-state index is -0.378. The molecular formula is C20H23FN2O2. The van der Waals surface area contributed by atoms with Crippen molar-refractivity contribution in [3.8, 4) is 0 Å². The summed E-state index contributed by atoms with van der Waals surface area (Å²) >= 11 is 0. The van der Waals surface area contributed by atoms with E-state index in [1.165, 1.54) is 12.1 Å². The fraction of sp³-hybridized carbons (Fsp3) is 0.400. The van der Waals surface area contributed by atoms with Crippen molar-refractivity contribution in [3.63, 3.8) is 0 Å². The molecular weight excluding hydrogens is 319 g/mol. The molecule has 0 aliphatic carbocycles. The molecule has 1 aliphatic heterocycles. The SMILES string of the molecule is O=C(CC[C@@H]1CCCOC1)N[C@H](c1ccc(F)cc1)c1ccccn1. The molecule has 3 rings (SSSR count). The van der Waals surface area contributed by atoms with Gasteiger partial charge in [-0.1, -0.05) is 18.2 Å². The third-order valence-electron chi connectivity index (χ3n) is 4.53. The van der Waals surface area contributed by atoms with Crippen molar-refractivity contribution in [2.45, 2.75) is 31.7 Å². The number of carbonyl (C=O) groups is 1. The van der Waals surface area contributed by atoms with E-state index >= 15 is 0 Å². The van der Waals surface area contributed by atoms with Gasteiger partial charge in [0.15, 0.2) is 0 Å². The maximum Gasteiger partial charge on any atom is 0.220 e. The summed E-state index contributed by atoms with van der Waals surface area (Å²) in [5.74, 6) is 0.135. The van der Waals surface area contributed by atoms with E-state index in [0.717, 1.165) is 43.7 Å². The first-order chi connectivity index (χ1) is 12.2. The van der Waals surface area contributed by atoms with Crippen LogP contribution < -0.4 is 5.32 Å². The van der Waals surface area contributed by atoms with E-state index in [-0.39, 0.29) is 17.8 Å². The maximum absolute atomic E-state index is 13.2. The predicted molar refractivity (Wildman–Crippen MR) is 93.4 cm³/mol. The van der Waals surface area contributed by atoms with Gasteiger partial charge in [-0.25, -0.2) is 4.39 Å². The molecule has 0 saturated carbocycles. The summed E-state index contributed by atoms with van der Waals surface area (Å²) in [6.45, 7) is 1.57. The van der Waals surface area contributed by atoms with Crippen molar-refractivity contribution < 1.29 is 13.9 Å². The second kappa shape index (κ2) is 8.72. The van der Waals surface area contributed by atoms with E-state index < -0.39 is 0 Å². The van der Waals surface area contributed by atoms with Crippen molar-refractivity contribution in [2.75, 3.05) is 13.2 Å². The third-order valence-corrected chi connectivity index (χ3v) is 4.53. The Morgan fingerprint density at radius 2 is 2.12 bits per heavy atom. The summed E-state index contributed by atoms with van der Waals surface area (Å²) in [5, 5.41) is 3.04. The van der Waals surface area contributed by atoms with E-state index in [2.05, 4.69) is 10.3 Å². The quantitative estimate of drug-likeness (QED) is 0.872. The number of aromatic nitrogens is 1. The largest absolute Gasteiger partial charge is 0.381 e. The van der Waals surface area contributed by atoms with Gasteiger partial charge in [0.25, 0.3) is 0 Å². The minimum Gasteiger partial charge on any atom is -0.381 e. The van der Waals surface area contributed by atoms with Crippen LogP contribution in [0.25, 0.3) is 0 Å². The minimum absolute atomic E-state index is 0.0226. The Bertz CT molecular complexity index is 670. The summed E-state index contributed by atoms with van der Waals surface area (Å²) in [6, 6.07) is 11.4. The lowest BCUT2D eigenvalue weighted by Gasteiger charge is -2.23. The molecule has 1 aromatic carbocycles. The second-order valence-electron chi connectivity index (χ2n) is 6.43. The summed E-state index contributed by atoms with van der Waals surface area (Å²) in [7, 11) is 0. The average Bonchev–Trinajstić information content (AvgIpc) is 2.67. The first-order valence-electron chi connectivity index (χ1n) is 8.76. The van der Waals surface area contributed by atoms with E-state index in [0.29, 0.717) is 12.3 Å². The zero-order valence-electron chi connectivity index (χ0n) is 14.2. The predicted octanol–water partition coefficient (Wildman–Crippen LogP) is 3.63. The van der Waals surface area contributed by atoms with Crippen LogP contribution in [0.1, 0.15) is 43.0 Å². The summed E-state index contributed by atoms with van der Waals surface area (Å²) in [4.78, 5) is 16.8. The van der Waals surface area contributed by atoms with Crippen molar-refractivity contribution in [3.05, 3.63) is 65.7 Å². The molecule has 132 valence electrons. The molecule has 25 heavy (non-hydrogen) atoms. The van der Waals surface area contributed by atoms with E-state index in [9.17, 15) is 9.18 Å². The molecule has 1 aliphatic rings. The first-order valence-corrected chi connectivity index (χ1v) is 8.76. The zero-order chi connectivity index (χ0) is 17.5. The van der Waals surface area contributed by atoms with Crippen LogP contribution in [0.2, 0.25) is 0 Å². The Morgan fingerprint density at radius 1 is 1.28 bits per heavy atom. The molecule has 2 atom stereocenters. The van der Waals surface area contributed by atoms with Crippen LogP contribution >= 0.6 is 0 Å². The lowest BCUT2D eigenvalue weighted by Crippen LogP contribution is -2.30. The molecule has 5 heteroatoms. The first kappa shape index (κ1) is 17.5. The lowest BCUT2D eigenvalue weighted by atomic mass is 9.96. The van der Waals surface area contributed by atoms with Crippen LogP contribution in [0.4, 0.5) is 4.39 Å². The van der Waals surface area contributed by atoms with Gasteiger partial charge in [-0.3, -0.25) is 9.78 Å². The fourth-order valence-electron chi connectivity index (χ4n) is 3.13. The van der Waals surface area contributed by atoms with Gasteiger partial charge < -0.3 is 10.1 Å². The zero-order valence-corrected chi connectivity index (χ0v) is 14.2. The molecule has 2 heterocycles. The number of carbonyl (C=O) groups excluding carboxylic acids is 1. The fourth-order valence-corrected chi connectivity index (χ4v) is 3.13. The van der Waals surface area contributed by atoms with Crippen LogP contribution in [0, 0.1) is 11.7 Å². The van der Waals surface area contributed by atoms with E-state index in [1.54, 1.807) is 18.3 Å². The Kier molecular flexibility index (Phi) is 6.12. The summed E-state index contributed by atoms with van der Waals surface area (Å²) in [6.07, 6.45) is 5.16. The molecule has 0 bridgehead atoms. The highest BCUT2D eigenvalue weighted by Crippen LogP contribution is 2.22. The van der Waals surface area contributed by atoms with Crippen molar-refractivity contribution in [1.82, 2.24) is 10.3 Å². The maximum atomic E-state index is 13.2. The van der Waals surface area contributed by atoms with Crippen molar-refractivity contribution in [1.29, 1.82) is 0 Å². The summed E-state index contributed by atoms with van der Waals surface area (Å²) in [5.41, 5.74) is 1.55. The molecule has 4 nitrogen and oxygen atoms in total. The van der Waals surface area contributed by atoms with E-state index in [4.69, 9.17) is 4.74 Å². The highest BCUT2D eigenvalue weighted by Gasteiger charge is 2.20. The third kappa shape index (κ3) is 5.10. The van der Waals surface area contributed by atoms with Crippen LogP contribution in [0.5, 0.6) is 0 Å². The van der Waals surface area contributed by atoms with Crippen LogP contribution in [-0.2, 0) is 9.53 Å². The number of amides is 1. The van der Waals surface area contributed by atoms with Gasteiger partial charge in [-0.05, 0) is 55.0 Å². The number of ether oxygens (including phenoxy) is 1. The molecule has 1 N–H and O–H groups in total. The van der Waals surface area contributed by atoms with Gasteiger partial charge in [-0.2, -0.15) is 0 Å². The lowest BCUT2D eigenvalue weighted by molar-refractivity contribution is -0.122. The van der Waals surface area contributed by atoms with Gasteiger partial charge in [0.05, 0.1) is 11.7 Å². The average molecular weight is 342 g/mol. The molecule has 1 aromatic heterocycles. The topological polar surface area (TPSA) is 51.2 Å². The molecule has 0 spiro atoms. The Hall–Kier alpha value is -2.27. The molecule has 0 radical (unpaired) electrons. The molecule has 2 aromatic rings. The van der Waals surface area contributed by atoms with Crippen LogP contribution in [-0.4, -0.2) is 24.1 Å². The molecule has 1 amide bonds. The van der Waals surface area contributed by atoms with Crippen LogP contribution in [0.15, 0.2) is 48.7 Å². The molecule has 0 unspecified atom stereocenters. The summed E-state index contributed by atoms with van der Waals surface area (Å²) < 4.78 is 18.7. The van der Waals surface area contributed by atoms with Gasteiger partial charge in [0.1, 0.15) is 5.82 Å². The highest BCUT2D eigenvalue weighted by molar-refractivity contribution is 5.76. The number of hydrogen-bond donors (Lipinski definition) is 1. The van der Waals surface area contributed by atoms with Crippen LogP contribution in [0.3, 0.4) is 0 Å². The monoisotopic (exact) mass is 342 g/mol. The second-order valence-corrected chi connectivity index (χ2v) is 6.43. The Labute approximate surface area is 147 Å². The highest BCUT2D eigenvalue weighted by atomic mass is 19.1. The molecule has 1 fully saturated rings. The number of nitrogens with zero attached hydrogens (tertiary/aromatic N) is 1. The van der Waals surface area contributed by atoms with Gasteiger partial charge in [0, 0.05) is 25.8 Å². The van der Waals surface area contributed by atoms with Gasteiger partial charge >= 0.3 is 0 Å². The van der Waals surface area contributed by atoms with Gasteiger partial charge in [0.2, 0.25) is 5.91 Å². The van der Waals surface area contributed by atoms with Crippen molar-refractivity contribution >= 4 is 5.91 Å². The Balaban J connectivity index is 1.66. The Morgan fingerprint density at radius 3 is 2.80 bits per heavy atom.